The zero-order valence-corrected chi connectivity index (χ0v) is 8.66. The van der Waals surface area contributed by atoms with Crippen LogP contribution in [0.25, 0.3) is 0 Å². The highest BCUT2D eigenvalue weighted by atomic mass is 16.5. The predicted octanol–water partition coefficient (Wildman–Crippen LogP) is 0.961. The summed E-state index contributed by atoms with van der Waals surface area (Å²) in [4.78, 5) is 4.05. The van der Waals surface area contributed by atoms with Crippen molar-refractivity contribution in [3.63, 3.8) is 0 Å². The van der Waals surface area contributed by atoms with Gasteiger partial charge in [0, 0.05) is 18.9 Å². The van der Waals surface area contributed by atoms with Crippen molar-refractivity contribution in [1.82, 2.24) is 10.3 Å². The molecule has 0 spiro atoms. The standard InChI is InChI=1S/C10H17N3O/c1-3-12-9(7-14-2)8-5-4-6-13-10(8)11/h4-6,9,12H,3,7H2,1-2H3,(H2,11,13). The van der Waals surface area contributed by atoms with E-state index < -0.39 is 0 Å². The molecule has 1 atom stereocenters. The zero-order valence-electron chi connectivity index (χ0n) is 8.66. The fraction of sp³-hybridized carbons (Fsp3) is 0.500. The molecule has 14 heavy (non-hydrogen) atoms. The number of nitrogen functional groups attached to an aromatic ring is 1. The average Bonchev–Trinajstić information content (AvgIpc) is 2.18. The van der Waals surface area contributed by atoms with E-state index in [9.17, 15) is 0 Å². The molecule has 1 rings (SSSR count). The minimum atomic E-state index is 0.124. The summed E-state index contributed by atoms with van der Waals surface area (Å²) in [7, 11) is 1.68. The number of likely N-dealkylation sites (N-methyl/N-ethyl adjacent to an activating group) is 1. The number of nitrogens with zero attached hydrogens (tertiary/aromatic N) is 1. The van der Waals surface area contributed by atoms with Gasteiger partial charge >= 0.3 is 0 Å². The van der Waals surface area contributed by atoms with Crippen LogP contribution in [0.15, 0.2) is 18.3 Å². The topological polar surface area (TPSA) is 60.2 Å². The molecule has 78 valence electrons. The minimum Gasteiger partial charge on any atom is -0.383 e. The fourth-order valence-electron chi connectivity index (χ4n) is 1.40. The van der Waals surface area contributed by atoms with Gasteiger partial charge in [-0.3, -0.25) is 0 Å². The van der Waals surface area contributed by atoms with Crippen LogP contribution in [0.1, 0.15) is 18.5 Å². The number of anilines is 1. The van der Waals surface area contributed by atoms with Crippen LogP contribution < -0.4 is 11.1 Å². The van der Waals surface area contributed by atoms with E-state index in [0.717, 1.165) is 12.1 Å². The molecule has 0 aliphatic rings. The van der Waals surface area contributed by atoms with Gasteiger partial charge in [0.2, 0.25) is 0 Å². The molecular weight excluding hydrogens is 178 g/mol. The Morgan fingerprint density at radius 1 is 1.64 bits per heavy atom. The van der Waals surface area contributed by atoms with Crippen molar-refractivity contribution in [2.45, 2.75) is 13.0 Å². The first kappa shape index (κ1) is 10.9. The van der Waals surface area contributed by atoms with Crippen molar-refractivity contribution in [2.24, 2.45) is 0 Å². The number of methoxy groups -OCH3 is 1. The van der Waals surface area contributed by atoms with Crippen LogP contribution in [0.3, 0.4) is 0 Å². The highest BCUT2D eigenvalue weighted by Crippen LogP contribution is 2.17. The van der Waals surface area contributed by atoms with E-state index in [0.29, 0.717) is 12.4 Å². The summed E-state index contributed by atoms with van der Waals surface area (Å²) in [6, 6.07) is 3.97. The largest absolute Gasteiger partial charge is 0.383 e. The first-order valence-corrected chi connectivity index (χ1v) is 4.72. The highest BCUT2D eigenvalue weighted by molar-refractivity contribution is 5.40. The Labute approximate surface area is 84.5 Å². The molecule has 0 bridgehead atoms. The molecule has 0 fully saturated rings. The van der Waals surface area contributed by atoms with E-state index in [1.165, 1.54) is 0 Å². The molecule has 1 heterocycles. The molecule has 4 heteroatoms. The Kier molecular flexibility index (Phi) is 4.35. The van der Waals surface area contributed by atoms with E-state index in [1.54, 1.807) is 13.3 Å². The Morgan fingerprint density at radius 3 is 3.00 bits per heavy atom. The predicted molar refractivity (Wildman–Crippen MR) is 56.9 cm³/mol. The van der Waals surface area contributed by atoms with Gasteiger partial charge in [0.15, 0.2) is 0 Å². The maximum Gasteiger partial charge on any atom is 0.128 e. The molecule has 0 saturated heterocycles. The van der Waals surface area contributed by atoms with Crippen molar-refractivity contribution in [3.8, 4) is 0 Å². The van der Waals surface area contributed by atoms with Crippen LogP contribution in [0, 0.1) is 0 Å². The Morgan fingerprint density at radius 2 is 2.43 bits per heavy atom. The Bertz CT molecular complexity index is 272. The lowest BCUT2D eigenvalue weighted by atomic mass is 10.1. The van der Waals surface area contributed by atoms with Gasteiger partial charge in [0.25, 0.3) is 0 Å². The molecule has 0 aliphatic carbocycles. The van der Waals surface area contributed by atoms with Crippen LogP contribution in [0.4, 0.5) is 5.82 Å². The van der Waals surface area contributed by atoms with Gasteiger partial charge < -0.3 is 15.8 Å². The van der Waals surface area contributed by atoms with Crippen molar-refractivity contribution in [2.75, 3.05) is 26.0 Å². The third kappa shape index (κ3) is 2.68. The first-order valence-electron chi connectivity index (χ1n) is 4.72. The van der Waals surface area contributed by atoms with Gasteiger partial charge in [-0.25, -0.2) is 4.98 Å². The van der Waals surface area contributed by atoms with E-state index in [1.807, 2.05) is 12.1 Å². The number of aromatic nitrogens is 1. The molecular formula is C10H17N3O. The SMILES string of the molecule is CCNC(COC)c1cccnc1N. The van der Waals surface area contributed by atoms with Crippen LogP contribution in [-0.4, -0.2) is 25.2 Å². The van der Waals surface area contributed by atoms with Crippen molar-refractivity contribution >= 4 is 5.82 Å². The third-order valence-electron chi connectivity index (χ3n) is 2.03. The number of ether oxygens (including phenoxy) is 1. The number of nitrogens with one attached hydrogen (secondary N) is 1. The summed E-state index contributed by atoms with van der Waals surface area (Å²) in [5, 5.41) is 3.30. The summed E-state index contributed by atoms with van der Waals surface area (Å²) >= 11 is 0. The maximum absolute atomic E-state index is 5.78. The molecule has 0 radical (unpaired) electrons. The number of hydrogen-bond acceptors (Lipinski definition) is 4. The molecule has 0 aliphatic heterocycles. The minimum absolute atomic E-state index is 0.124. The fourth-order valence-corrected chi connectivity index (χ4v) is 1.40. The Hall–Kier alpha value is -1.13. The summed E-state index contributed by atoms with van der Waals surface area (Å²) < 4.78 is 5.12. The van der Waals surface area contributed by atoms with Crippen molar-refractivity contribution in [3.05, 3.63) is 23.9 Å². The second-order valence-corrected chi connectivity index (χ2v) is 3.04. The highest BCUT2D eigenvalue weighted by Gasteiger charge is 2.12. The molecule has 0 aromatic carbocycles. The molecule has 1 aromatic heterocycles. The monoisotopic (exact) mass is 195 g/mol. The lowest BCUT2D eigenvalue weighted by Gasteiger charge is -2.18. The second kappa shape index (κ2) is 5.57. The van der Waals surface area contributed by atoms with Crippen molar-refractivity contribution in [1.29, 1.82) is 0 Å². The van der Waals surface area contributed by atoms with Gasteiger partial charge in [-0.1, -0.05) is 13.0 Å². The lowest BCUT2D eigenvalue weighted by molar-refractivity contribution is 0.168. The molecule has 0 saturated carbocycles. The van der Waals surface area contributed by atoms with Gasteiger partial charge in [-0.2, -0.15) is 0 Å². The average molecular weight is 195 g/mol. The third-order valence-corrected chi connectivity index (χ3v) is 2.03. The van der Waals surface area contributed by atoms with Crippen molar-refractivity contribution < 1.29 is 4.74 Å². The summed E-state index contributed by atoms with van der Waals surface area (Å²) in [5.74, 6) is 0.565. The summed E-state index contributed by atoms with van der Waals surface area (Å²) in [6.07, 6.45) is 1.69. The van der Waals surface area contributed by atoms with E-state index >= 15 is 0 Å². The Balaban J connectivity index is 2.81. The van der Waals surface area contributed by atoms with Crippen LogP contribution in [-0.2, 0) is 4.74 Å². The van der Waals surface area contributed by atoms with Crippen LogP contribution >= 0.6 is 0 Å². The maximum atomic E-state index is 5.78. The summed E-state index contributed by atoms with van der Waals surface area (Å²) in [6.45, 7) is 3.53. The van der Waals surface area contributed by atoms with Gasteiger partial charge in [0.1, 0.15) is 5.82 Å². The number of pyridine rings is 1. The number of rotatable bonds is 5. The van der Waals surface area contributed by atoms with Gasteiger partial charge in [0.05, 0.1) is 12.6 Å². The lowest BCUT2D eigenvalue weighted by Crippen LogP contribution is -2.25. The summed E-state index contributed by atoms with van der Waals surface area (Å²) in [5.41, 5.74) is 6.77. The van der Waals surface area contributed by atoms with Gasteiger partial charge in [-0.05, 0) is 12.6 Å². The van der Waals surface area contributed by atoms with E-state index in [4.69, 9.17) is 10.5 Å². The van der Waals surface area contributed by atoms with Crippen LogP contribution in [0.2, 0.25) is 0 Å². The van der Waals surface area contributed by atoms with E-state index in [2.05, 4.69) is 17.2 Å². The second-order valence-electron chi connectivity index (χ2n) is 3.04. The van der Waals surface area contributed by atoms with Gasteiger partial charge in [-0.15, -0.1) is 0 Å². The first-order chi connectivity index (χ1) is 6.79. The van der Waals surface area contributed by atoms with E-state index in [-0.39, 0.29) is 6.04 Å². The normalized spacial score (nSPS) is 12.7. The zero-order chi connectivity index (χ0) is 10.4. The van der Waals surface area contributed by atoms with Crippen LogP contribution in [0.5, 0.6) is 0 Å². The molecule has 1 aromatic rings. The smallest absolute Gasteiger partial charge is 0.128 e. The number of nitrogens with two attached hydrogens (primary N) is 1. The molecule has 0 amide bonds. The number of hydrogen-bond donors (Lipinski definition) is 2. The molecule has 4 nitrogen and oxygen atoms in total. The quantitative estimate of drug-likeness (QED) is 0.734. The molecule has 1 unspecified atom stereocenters. The molecule has 3 N–H and O–H groups in total.